The monoisotopic (exact) mass is 404 g/mol. The zero-order valence-corrected chi connectivity index (χ0v) is 15.4. The van der Waals surface area contributed by atoms with Crippen molar-refractivity contribution in [3.8, 4) is 11.1 Å². The molecule has 2 atom stereocenters. The minimum absolute atomic E-state index is 0.0490. The molecule has 0 aliphatic heterocycles. The first-order valence-corrected chi connectivity index (χ1v) is 8.85. The molecule has 0 bridgehead atoms. The van der Waals surface area contributed by atoms with Crippen LogP contribution in [0.25, 0.3) is 11.1 Å². The van der Waals surface area contributed by atoms with Gasteiger partial charge in [0.1, 0.15) is 0 Å². The van der Waals surface area contributed by atoms with Gasteiger partial charge in [0.2, 0.25) is 0 Å². The van der Waals surface area contributed by atoms with Crippen molar-refractivity contribution >= 4 is 26.8 Å². The van der Waals surface area contributed by atoms with Gasteiger partial charge in [0.05, 0.1) is 0 Å². The fraction of sp³-hybridized carbons (Fsp3) is 0.263. The van der Waals surface area contributed by atoms with E-state index in [1.807, 2.05) is 36.4 Å². The van der Waals surface area contributed by atoms with Gasteiger partial charge in [0.15, 0.2) is 0 Å². The summed E-state index contributed by atoms with van der Waals surface area (Å²) in [5.41, 5.74) is 4.52. The molecule has 2 N–H and O–H groups in total. The molecule has 25 heavy (non-hydrogen) atoms. The second-order valence-electron chi connectivity index (χ2n) is 6.01. The van der Waals surface area contributed by atoms with Gasteiger partial charge in [-0.05, 0) is 0 Å². The topological polar surface area (TPSA) is 75.6 Å². The van der Waals surface area contributed by atoms with E-state index in [0.717, 1.165) is 22.3 Å². The molecule has 2 aromatic carbocycles. The van der Waals surface area contributed by atoms with Crippen molar-refractivity contribution in [2.24, 2.45) is 0 Å². The average molecular weight is 403 g/mol. The van der Waals surface area contributed by atoms with Gasteiger partial charge in [0.25, 0.3) is 0 Å². The average Bonchev–Trinajstić information content (AvgIpc) is 2.91. The molecule has 5 nitrogen and oxygen atoms in total. The van der Waals surface area contributed by atoms with E-state index in [0.29, 0.717) is 0 Å². The van der Waals surface area contributed by atoms with Gasteiger partial charge >= 0.3 is 154 Å². The van der Waals surface area contributed by atoms with Crippen molar-refractivity contribution < 1.29 is 19.4 Å². The number of carbonyl (C=O) groups excluding carboxylic acids is 2. The van der Waals surface area contributed by atoms with Gasteiger partial charge in [-0.15, -0.1) is 0 Å². The molecule has 1 radical (unpaired) electrons. The van der Waals surface area contributed by atoms with E-state index in [9.17, 15) is 14.7 Å². The van der Waals surface area contributed by atoms with Gasteiger partial charge in [-0.2, -0.15) is 0 Å². The van der Waals surface area contributed by atoms with Crippen LogP contribution in [0.15, 0.2) is 48.5 Å². The SMILES string of the molecule is C[C@H](O)[C@@H](NC(=O)OCC1c2ccccc2-c2ccccc21)C(=O)[Se]. The number of ether oxygens (including phenoxy) is 1. The molecule has 129 valence electrons. The number of hydrogen-bond donors (Lipinski definition) is 2. The maximum absolute atomic E-state index is 12.0. The van der Waals surface area contributed by atoms with Crippen LogP contribution in [-0.4, -0.2) is 50.6 Å². The molecule has 2 aromatic rings. The number of alkyl carbamates (subject to hydrolysis) is 1. The third kappa shape index (κ3) is 3.61. The molecule has 0 unspecified atom stereocenters. The van der Waals surface area contributed by atoms with Gasteiger partial charge < -0.3 is 0 Å². The number of aliphatic hydroxyl groups excluding tert-OH is 1. The Labute approximate surface area is 154 Å². The van der Waals surface area contributed by atoms with Gasteiger partial charge in [0, 0.05) is 0 Å². The molecule has 6 heteroatoms. The maximum atomic E-state index is 12.0. The van der Waals surface area contributed by atoms with Crippen LogP contribution in [0.4, 0.5) is 4.79 Å². The van der Waals surface area contributed by atoms with Crippen LogP contribution in [0.5, 0.6) is 0 Å². The second kappa shape index (κ2) is 7.40. The fourth-order valence-corrected chi connectivity index (χ4v) is 3.68. The van der Waals surface area contributed by atoms with Gasteiger partial charge in [-0.25, -0.2) is 0 Å². The van der Waals surface area contributed by atoms with Crippen molar-refractivity contribution in [1.29, 1.82) is 0 Å². The molecule has 3 rings (SSSR count). The Bertz CT molecular complexity index is 760. The molecule has 0 heterocycles. The van der Waals surface area contributed by atoms with Crippen molar-refractivity contribution in [2.45, 2.75) is 25.0 Å². The third-order valence-corrected chi connectivity index (χ3v) is 4.89. The summed E-state index contributed by atoms with van der Waals surface area (Å²) < 4.78 is 4.90. The Kier molecular flexibility index (Phi) is 5.23. The van der Waals surface area contributed by atoms with Crippen molar-refractivity contribution in [2.75, 3.05) is 6.61 Å². The van der Waals surface area contributed by atoms with Crippen molar-refractivity contribution in [3.05, 3.63) is 59.7 Å². The summed E-state index contributed by atoms with van der Waals surface area (Å²) in [7, 11) is 0. The van der Waals surface area contributed by atoms with Gasteiger partial charge in [-0.1, -0.05) is 0 Å². The van der Waals surface area contributed by atoms with Crippen LogP contribution < -0.4 is 5.32 Å². The Morgan fingerprint density at radius 1 is 1.12 bits per heavy atom. The number of aliphatic hydroxyl groups is 1. The van der Waals surface area contributed by atoms with E-state index >= 15 is 0 Å². The number of hydrogen-bond acceptors (Lipinski definition) is 4. The van der Waals surface area contributed by atoms with E-state index in [1.54, 1.807) is 0 Å². The molecule has 1 aliphatic rings. The molecule has 0 saturated heterocycles. The Morgan fingerprint density at radius 3 is 2.12 bits per heavy atom. The number of fused-ring (bicyclic) bond motifs is 3. The predicted molar refractivity (Wildman–Crippen MR) is 94.4 cm³/mol. The van der Waals surface area contributed by atoms with Gasteiger partial charge in [-0.3, -0.25) is 0 Å². The number of carbonyl (C=O) groups is 2. The van der Waals surface area contributed by atoms with Crippen LogP contribution >= 0.6 is 0 Å². The molecule has 0 aromatic heterocycles. The molecule has 1 amide bonds. The summed E-state index contributed by atoms with van der Waals surface area (Å²) in [5, 5.41) is 12.0. The first kappa shape index (κ1) is 17.7. The van der Waals surface area contributed by atoms with E-state index < -0.39 is 22.9 Å². The van der Waals surface area contributed by atoms with Crippen LogP contribution in [0.1, 0.15) is 24.0 Å². The molecule has 0 spiro atoms. The summed E-state index contributed by atoms with van der Waals surface area (Å²) in [6.45, 7) is 1.59. The quantitative estimate of drug-likeness (QED) is 0.749. The van der Waals surface area contributed by atoms with E-state index in [4.69, 9.17) is 4.74 Å². The van der Waals surface area contributed by atoms with E-state index in [2.05, 4.69) is 33.5 Å². The van der Waals surface area contributed by atoms with Crippen LogP contribution in [0, 0.1) is 0 Å². The molecule has 0 saturated carbocycles. The minimum atomic E-state index is -1.02. The first-order valence-electron chi connectivity index (χ1n) is 7.99. The molecular formula is C19H18NO4Se. The fourth-order valence-electron chi connectivity index (χ4n) is 3.14. The second-order valence-corrected chi connectivity index (χ2v) is 6.85. The Morgan fingerprint density at radius 2 is 1.64 bits per heavy atom. The van der Waals surface area contributed by atoms with E-state index in [1.165, 1.54) is 6.92 Å². The normalized spacial score (nSPS) is 15.0. The predicted octanol–water partition coefficient (Wildman–Crippen LogP) is 1.97. The van der Waals surface area contributed by atoms with Crippen LogP contribution in [0.2, 0.25) is 0 Å². The zero-order chi connectivity index (χ0) is 18.0. The van der Waals surface area contributed by atoms with Crippen molar-refractivity contribution in [3.63, 3.8) is 0 Å². The molecule has 0 fully saturated rings. The zero-order valence-electron chi connectivity index (χ0n) is 13.6. The number of rotatable bonds is 5. The summed E-state index contributed by atoms with van der Waals surface area (Å²) >= 11 is 2.28. The third-order valence-electron chi connectivity index (χ3n) is 4.35. The van der Waals surface area contributed by atoms with Crippen LogP contribution in [0.3, 0.4) is 0 Å². The number of nitrogens with one attached hydrogen (secondary N) is 1. The number of amides is 1. The summed E-state index contributed by atoms with van der Waals surface area (Å²) in [4.78, 5) is 23.5. The summed E-state index contributed by atoms with van der Waals surface area (Å²) in [6, 6.07) is 15.1. The summed E-state index contributed by atoms with van der Waals surface area (Å²) in [5.74, 6) is -0.0490. The standard InChI is InChI=1S/C19H18NO4Se/c1-11(21)17(18(22)25)20-19(23)24-10-16-14-8-4-2-6-12(14)13-7-3-5-9-15(13)16/h2-9,11,16-17,21H,10H2,1H3,(H,20,23)/t11-,17+/m0/s1. The summed E-state index contributed by atoms with van der Waals surface area (Å²) in [6.07, 6.45) is -1.73. The Balaban J connectivity index is 1.73. The van der Waals surface area contributed by atoms with E-state index in [-0.39, 0.29) is 12.5 Å². The van der Waals surface area contributed by atoms with Crippen molar-refractivity contribution in [1.82, 2.24) is 5.32 Å². The first-order chi connectivity index (χ1) is 12.0. The number of benzene rings is 2. The van der Waals surface area contributed by atoms with Crippen LogP contribution in [-0.2, 0) is 9.53 Å². The Hall–Kier alpha value is -2.14. The molecule has 1 aliphatic carbocycles. The molecular weight excluding hydrogens is 385 g/mol.